The first-order chi connectivity index (χ1) is 8.83. The first-order valence-electron chi connectivity index (χ1n) is 5.14. The Balaban J connectivity index is 2.74. The average molecular weight is 303 g/mol. The Labute approximate surface area is 116 Å². The molecule has 104 valence electrons. The number of carbonyl (C=O) groups is 1. The van der Waals surface area contributed by atoms with Gasteiger partial charge in [-0.2, -0.15) is 0 Å². The Morgan fingerprint density at radius 2 is 2.05 bits per heavy atom. The van der Waals surface area contributed by atoms with Crippen molar-refractivity contribution in [1.82, 2.24) is 4.72 Å². The number of ether oxygens (including phenoxy) is 1. The predicted octanol–water partition coefficient (Wildman–Crippen LogP) is -0.306. The van der Waals surface area contributed by atoms with Gasteiger partial charge in [-0.15, -0.1) is 0 Å². The van der Waals surface area contributed by atoms with Crippen LogP contribution in [0.1, 0.15) is 5.56 Å². The number of nitrogens with two attached hydrogens (primary N) is 2. The largest absolute Gasteiger partial charge is 0.448 e. The van der Waals surface area contributed by atoms with Gasteiger partial charge in [0.1, 0.15) is 11.6 Å². The van der Waals surface area contributed by atoms with Gasteiger partial charge in [0.05, 0.1) is 4.90 Å². The fraction of sp³-hybridized carbons (Fsp3) is 0.200. The van der Waals surface area contributed by atoms with E-state index in [0.717, 1.165) is 0 Å². The van der Waals surface area contributed by atoms with Crippen LogP contribution in [0, 0.1) is 0 Å². The highest BCUT2D eigenvalue weighted by Gasteiger charge is 2.14. The second-order valence-corrected chi connectivity index (χ2v) is 5.66. The summed E-state index contributed by atoms with van der Waals surface area (Å²) in [4.78, 5) is 10.4. The number of hydrogen-bond acceptors (Lipinski definition) is 5. The number of amides is 1. The van der Waals surface area contributed by atoms with Gasteiger partial charge >= 0.3 is 6.09 Å². The van der Waals surface area contributed by atoms with Crippen molar-refractivity contribution in [3.63, 3.8) is 0 Å². The lowest BCUT2D eigenvalue weighted by molar-refractivity contribution is 0.159. The van der Waals surface area contributed by atoms with Gasteiger partial charge in [-0.1, -0.05) is 24.4 Å². The third kappa shape index (κ3) is 4.81. The molecule has 0 saturated carbocycles. The van der Waals surface area contributed by atoms with Crippen molar-refractivity contribution < 1.29 is 17.9 Å². The van der Waals surface area contributed by atoms with Crippen LogP contribution in [0.3, 0.4) is 0 Å². The number of hydrogen-bond donors (Lipinski definition) is 3. The van der Waals surface area contributed by atoms with Gasteiger partial charge in [0.15, 0.2) is 0 Å². The molecule has 19 heavy (non-hydrogen) atoms. The second-order valence-electron chi connectivity index (χ2n) is 3.46. The molecule has 5 N–H and O–H groups in total. The molecule has 0 unspecified atom stereocenters. The quantitative estimate of drug-likeness (QED) is 0.489. The second kappa shape index (κ2) is 6.45. The molecule has 0 bridgehead atoms. The van der Waals surface area contributed by atoms with Gasteiger partial charge < -0.3 is 16.2 Å². The zero-order valence-corrected chi connectivity index (χ0v) is 11.5. The highest BCUT2D eigenvalue weighted by molar-refractivity contribution is 7.89. The average Bonchev–Trinajstić information content (AvgIpc) is 2.34. The molecule has 0 aliphatic rings. The van der Waals surface area contributed by atoms with Gasteiger partial charge in [0.2, 0.25) is 10.0 Å². The number of nitrogens with one attached hydrogen (secondary N) is 1. The zero-order chi connectivity index (χ0) is 14.5. The van der Waals surface area contributed by atoms with Gasteiger partial charge in [0.25, 0.3) is 0 Å². The molecule has 0 saturated heterocycles. The summed E-state index contributed by atoms with van der Waals surface area (Å²) in [5.41, 5.74) is 10.6. The summed E-state index contributed by atoms with van der Waals surface area (Å²) in [5.74, 6) is 0. The van der Waals surface area contributed by atoms with Crippen molar-refractivity contribution in [2.45, 2.75) is 4.90 Å². The van der Waals surface area contributed by atoms with Gasteiger partial charge in [0, 0.05) is 12.1 Å². The summed E-state index contributed by atoms with van der Waals surface area (Å²) in [6.45, 7) is -0.230. The van der Waals surface area contributed by atoms with Crippen LogP contribution >= 0.6 is 12.2 Å². The molecule has 0 atom stereocenters. The van der Waals surface area contributed by atoms with Crippen molar-refractivity contribution in [3.8, 4) is 0 Å². The van der Waals surface area contributed by atoms with E-state index in [2.05, 4.69) is 9.46 Å². The van der Waals surface area contributed by atoms with E-state index in [1.54, 1.807) is 6.07 Å². The SMILES string of the molecule is NC(=O)OCCNS(=O)(=O)c1cccc(C(N)=S)c1. The van der Waals surface area contributed by atoms with Crippen LogP contribution in [-0.2, 0) is 14.8 Å². The summed E-state index contributed by atoms with van der Waals surface area (Å²) in [6, 6.07) is 5.90. The van der Waals surface area contributed by atoms with Crippen molar-refractivity contribution in [1.29, 1.82) is 0 Å². The maximum absolute atomic E-state index is 11.9. The molecule has 0 aromatic heterocycles. The maximum atomic E-state index is 11.9. The molecular weight excluding hydrogens is 290 g/mol. The van der Waals surface area contributed by atoms with Crippen molar-refractivity contribution in [2.24, 2.45) is 11.5 Å². The van der Waals surface area contributed by atoms with Crippen LogP contribution in [-0.4, -0.2) is 32.7 Å². The molecule has 1 aromatic rings. The van der Waals surface area contributed by atoms with E-state index in [1.165, 1.54) is 18.2 Å². The first-order valence-corrected chi connectivity index (χ1v) is 7.04. The topological polar surface area (TPSA) is 125 Å². The monoisotopic (exact) mass is 303 g/mol. The third-order valence-electron chi connectivity index (χ3n) is 2.07. The summed E-state index contributed by atoms with van der Waals surface area (Å²) in [6.07, 6.45) is -0.963. The molecule has 1 amide bonds. The Morgan fingerprint density at radius 3 is 2.63 bits per heavy atom. The molecule has 9 heteroatoms. The highest BCUT2D eigenvalue weighted by Crippen LogP contribution is 2.11. The lowest BCUT2D eigenvalue weighted by Crippen LogP contribution is -2.29. The Bertz CT molecular complexity index is 586. The highest BCUT2D eigenvalue weighted by atomic mass is 32.2. The molecule has 0 spiro atoms. The Hall–Kier alpha value is -1.71. The zero-order valence-electron chi connectivity index (χ0n) is 9.83. The van der Waals surface area contributed by atoms with Crippen LogP contribution in [0.4, 0.5) is 4.79 Å². The van der Waals surface area contributed by atoms with Crippen LogP contribution in [0.15, 0.2) is 29.2 Å². The fourth-order valence-corrected chi connectivity index (χ4v) is 2.41. The molecule has 0 heterocycles. The maximum Gasteiger partial charge on any atom is 0.404 e. The number of thiocarbonyl (C=S) groups is 1. The number of sulfonamides is 1. The molecule has 0 aliphatic carbocycles. The van der Waals surface area contributed by atoms with E-state index in [1.807, 2.05) is 0 Å². The van der Waals surface area contributed by atoms with Gasteiger partial charge in [-0.3, -0.25) is 0 Å². The van der Waals surface area contributed by atoms with Crippen molar-refractivity contribution in [3.05, 3.63) is 29.8 Å². The molecule has 7 nitrogen and oxygen atoms in total. The van der Waals surface area contributed by atoms with E-state index in [-0.39, 0.29) is 23.0 Å². The lowest BCUT2D eigenvalue weighted by atomic mass is 10.2. The Morgan fingerprint density at radius 1 is 1.37 bits per heavy atom. The van der Waals surface area contributed by atoms with Crippen LogP contribution in [0.5, 0.6) is 0 Å². The molecule has 0 aliphatic heterocycles. The standard InChI is InChI=1S/C10H13N3O4S2/c11-9(18)7-2-1-3-8(6-7)19(15,16)13-4-5-17-10(12)14/h1-3,6,13H,4-5H2,(H2,11,18)(H2,12,14). The molecular formula is C10H13N3O4S2. The smallest absolute Gasteiger partial charge is 0.404 e. The van der Waals surface area contributed by atoms with E-state index in [4.69, 9.17) is 23.7 Å². The minimum atomic E-state index is -3.71. The predicted molar refractivity (Wildman–Crippen MR) is 73.1 cm³/mol. The Kier molecular flexibility index (Phi) is 5.21. The van der Waals surface area contributed by atoms with Gasteiger partial charge in [-0.05, 0) is 12.1 Å². The number of rotatable bonds is 6. The summed E-state index contributed by atoms with van der Waals surface area (Å²) in [5, 5.41) is 0. The number of carbonyl (C=O) groups excluding carboxylic acids is 1. The normalized spacial score (nSPS) is 10.9. The fourth-order valence-electron chi connectivity index (χ4n) is 1.23. The summed E-state index contributed by atoms with van der Waals surface area (Å²) >= 11 is 4.77. The lowest BCUT2D eigenvalue weighted by Gasteiger charge is -2.08. The van der Waals surface area contributed by atoms with Crippen molar-refractivity contribution in [2.75, 3.05) is 13.2 Å². The minimum Gasteiger partial charge on any atom is -0.448 e. The van der Waals surface area contributed by atoms with Crippen molar-refractivity contribution >= 4 is 33.3 Å². The molecule has 1 rings (SSSR count). The molecule has 0 fully saturated rings. The molecule has 1 aromatic carbocycles. The van der Waals surface area contributed by atoms with E-state index >= 15 is 0 Å². The van der Waals surface area contributed by atoms with Gasteiger partial charge in [-0.25, -0.2) is 17.9 Å². The first kappa shape index (κ1) is 15.3. The van der Waals surface area contributed by atoms with Crippen LogP contribution in [0.2, 0.25) is 0 Å². The number of benzene rings is 1. The van der Waals surface area contributed by atoms with Crippen LogP contribution in [0.25, 0.3) is 0 Å². The number of primary amides is 1. The summed E-state index contributed by atoms with van der Waals surface area (Å²) in [7, 11) is -3.71. The third-order valence-corrected chi connectivity index (χ3v) is 3.76. The van der Waals surface area contributed by atoms with E-state index in [0.29, 0.717) is 5.56 Å². The van der Waals surface area contributed by atoms with E-state index < -0.39 is 16.1 Å². The minimum absolute atomic E-state index is 0.0249. The van der Waals surface area contributed by atoms with Crippen LogP contribution < -0.4 is 16.2 Å². The van der Waals surface area contributed by atoms with E-state index in [9.17, 15) is 13.2 Å². The molecule has 0 radical (unpaired) electrons. The summed E-state index contributed by atoms with van der Waals surface area (Å²) < 4.78 is 30.4.